The van der Waals surface area contributed by atoms with Gasteiger partial charge in [0.1, 0.15) is 5.82 Å². The van der Waals surface area contributed by atoms with Crippen LogP contribution in [0.4, 0.5) is 10.1 Å². The maximum atomic E-state index is 13.1. The molecular weight excluding hydrogens is 315 g/mol. The Morgan fingerprint density at radius 3 is 2.83 bits per heavy atom. The molecule has 1 aromatic heterocycles. The molecule has 0 aliphatic carbocycles. The Bertz CT molecular complexity index is 807. The van der Waals surface area contributed by atoms with E-state index in [0.29, 0.717) is 10.8 Å². The topological polar surface area (TPSA) is 61.7 Å². The zero-order valence-electron chi connectivity index (χ0n) is 12.1. The van der Waals surface area contributed by atoms with Crippen molar-refractivity contribution in [3.05, 3.63) is 66.7 Å². The van der Waals surface area contributed by atoms with E-state index in [9.17, 15) is 9.18 Å². The summed E-state index contributed by atoms with van der Waals surface area (Å²) in [5.74, 6) is -0.429. The van der Waals surface area contributed by atoms with Crippen LogP contribution in [0.15, 0.2) is 66.1 Å². The molecule has 0 bridgehead atoms. The van der Waals surface area contributed by atoms with E-state index >= 15 is 0 Å². The lowest BCUT2D eigenvalue weighted by atomic mass is 10.3. The van der Waals surface area contributed by atoms with Gasteiger partial charge in [0.15, 0.2) is 5.69 Å². The van der Waals surface area contributed by atoms with Crippen LogP contribution in [0.25, 0.3) is 5.69 Å². The number of amides is 1. The Balaban J connectivity index is 1.63. The number of thioether (sulfide) groups is 1. The van der Waals surface area contributed by atoms with E-state index < -0.39 is 0 Å². The number of H-pyrrole nitrogens is 1. The fourth-order valence-corrected chi connectivity index (χ4v) is 2.76. The summed E-state index contributed by atoms with van der Waals surface area (Å²) in [6.45, 7) is 0. The first-order valence-corrected chi connectivity index (χ1v) is 7.90. The third-order valence-electron chi connectivity index (χ3n) is 3.01. The normalized spacial score (nSPS) is 10.5. The number of aromatic amines is 1. The Hall–Kier alpha value is -2.67. The largest absolute Gasteiger partial charge is 0.385 e. The number of nitrogens with zero attached hydrogens (tertiary/aromatic N) is 2. The van der Waals surface area contributed by atoms with Crippen LogP contribution in [0.3, 0.4) is 0 Å². The van der Waals surface area contributed by atoms with Gasteiger partial charge < -0.3 is 5.32 Å². The molecule has 1 amide bonds. The lowest BCUT2D eigenvalue weighted by Gasteiger charge is -2.03. The van der Waals surface area contributed by atoms with Crippen molar-refractivity contribution >= 4 is 23.4 Å². The molecule has 2 aromatic carbocycles. The van der Waals surface area contributed by atoms with Crippen molar-refractivity contribution in [1.29, 1.82) is 0 Å². The summed E-state index contributed by atoms with van der Waals surface area (Å²) in [5, 5.41) is 6.34. The van der Waals surface area contributed by atoms with Gasteiger partial charge in [-0.05, 0) is 47.1 Å². The van der Waals surface area contributed by atoms with Crippen LogP contribution in [-0.2, 0) is 4.79 Å². The monoisotopic (exact) mass is 329 g/mol. The van der Waals surface area contributed by atoms with Crippen molar-refractivity contribution in [2.75, 3.05) is 11.1 Å². The fraction of sp³-hybridized carbons (Fsp3) is 0.0625. The zero-order chi connectivity index (χ0) is 16.1. The van der Waals surface area contributed by atoms with Gasteiger partial charge in [-0.1, -0.05) is 24.3 Å². The first kappa shape index (κ1) is 15.2. The van der Waals surface area contributed by atoms with E-state index in [0.717, 1.165) is 5.69 Å². The van der Waals surface area contributed by atoms with Crippen molar-refractivity contribution in [2.24, 2.45) is 0 Å². The molecule has 2 N–H and O–H groups in total. The number of benzene rings is 2. The van der Waals surface area contributed by atoms with Crippen molar-refractivity contribution in [1.82, 2.24) is 10.1 Å². The van der Waals surface area contributed by atoms with Gasteiger partial charge in [0.05, 0.1) is 5.75 Å². The molecule has 0 atom stereocenters. The van der Waals surface area contributed by atoms with Crippen LogP contribution in [0.2, 0.25) is 0 Å². The van der Waals surface area contributed by atoms with E-state index in [1.165, 1.54) is 23.9 Å². The standard InChI is InChI=1S/C16H13FN4OS/c17-12-5-4-6-13(9-12)20-15(22)10-23-16-18-11-19-21(16)14-7-2-1-3-8-14/h1-9,11H,10H2,(H,20,22)/p+1. The number of hydrogen-bond donors (Lipinski definition) is 2. The van der Waals surface area contributed by atoms with Crippen LogP contribution in [-0.4, -0.2) is 21.7 Å². The number of carbonyl (C=O) groups excluding carboxylic acids is 1. The second kappa shape index (κ2) is 7.06. The first-order valence-electron chi connectivity index (χ1n) is 6.91. The third-order valence-corrected chi connectivity index (χ3v) is 3.96. The molecule has 0 aliphatic rings. The Kier molecular flexibility index (Phi) is 4.68. The number of halogens is 1. The van der Waals surface area contributed by atoms with E-state index in [1.54, 1.807) is 23.1 Å². The van der Waals surface area contributed by atoms with Crippen molar-refractivity contribution in [3.8, 4) is 5.69 Å². The number of carbonyl (C=O) groups is 1. The zero-order valence-corrected chi connectivity index (χ0v) is 12.9. The van der Waals surface area contributed by atoms with E-state index in [-0.39, 0.29) is 17.5 Å². The summed E-state index contributed by atoms with van der Waals surface area (Å²) in [6, 6.07) is 15.5. The number of hydrogen-bond acceptors (Lipinski definition) is 3. The van der Waals surface area contributed by atoms with Gasteiger partial charge in [0.2, 0.25) is 12.2 Å². The summed E-state index contributed by atoms with van der Waals surface area (Å²) in [5.41, 5.74) is 1.37. The van der Waals surface area contributed by atoms with Gasteiger partial charge in [0, 0.05) is 5.69 Å². The molecule has 3 aromatic rings. The lowest BCUT2D eigenvalue weighted by Crippen LogP contribution is -2.35. The Morgan fingerprint density at radius 1 is 1.22 bits per heavy atom. The second-order valence-electron chi connectivity index (χ2n) is 4.69. The molecule has 3 rings (SSSR count). The fourth-order valence-electron chi connectivity index (χ4n) is 2.01. The predicted molar refractivity (Wildman–Crippen MR) is 85.9 cm³/mol. The smallest absolute Gasteiger partial charge is 0.325 e. The molecule has 7 heteroatoms. The minimum Gasteiger partial charge on any atom is -0.325 e. The number of anilines is 1. The summed E-state index contributed by atoms with van der Waals surface area (Å²) in [7, 11) is 0. The SMILES string of the molecule is O=C(CSc1nc[nH][n+]1-c1ccccc1)Nc1cccc(F)c1. The van der Waals surface area contributed by atoms with Crippen LogP contribution >= 0.6 is 11.8 Å². The van der Waals surface area contributed by atoms with Crippen LogP contribution < -0.4 is 10.00 Å². The quantitative estimate of drug-likeness (QED) is 0.559. The average Bonchev–Trinajstić information content (AvgIpc) is 3.02. The molecule has 0 spiro atoms. The van der Waals surface area contributed by atoms with Gasteiger partial charge in [0.25, 0.3) is 0 Å². The number of nitrogens with one attached hydrogen (secondary N) is 2. The van der Waals surface area contributed by atoms with Crippen LogP contribution in [0.1, 0.15) is 0 Å². The summed E-state index contributed by atoms with van der Waals surface area (Å²) in [6.07, 6.45) is 1.57. The highest BCUT2D eigenvalue weighted by Crippen LogP contribution is 2.14. The van der Waals surface area contributed by atoms with E-state index in [2.05, 4.69) is 15.4 Å². The first-order chi connectivity index (χ1) is 11.2. The maximum absolute atomic E-state index is 13.1. The highest BCUT2D eigenvalue weighted by molar-refractivity contribution is 7.99. The molecular formula is C16H14FN4OS+. The molecule has 5 nitrogen and oxygen atoms in total. The van der Waals surface area contributed by atoms with Gasteiger partial charge in [-0.25, -0.2) is 4.39 Å². The van der Waals surface area contributed by atoms with Gasteiger partial charge in [-0.15, -0.1) is 4.68 Å². The molecule has 0 saturated heterocycles. The van der Waals surface area contributed by atoms with E-state index in [1.807, 2.05) is 30.3 Å². The lowest BCUT2D eigenvalue weighted by molar-refractivity contribution is -0.694. The molecule has 0 fully saturated rings. The molecule has 1 heterocycles. The second-order valence-corrected chi connectivity index (χ2v) is 5.63. The predicted octanol–water partition coefficient (Wildman–Crippen LogP) is 2.56. The summed E-state index contributed by atoms with van der Waals surface area (Å²) < 4.78 is 14.9. The molecule has 0 unspecified atom stereocenters. The highest BCUT2D eigenvalue weighted by atomic mass is 32.2. The summed E-state index contributed by atoms with van der Waals surface area (Å²) >= 11 is 1.29. The van der Waals surface area contributed by atoms with Crippen molar-refractivity contribution in [2.45, 2.75) is 5.16 Å². The molecule has 23 heavy (non-hydrogen) atoms. The minimum atomic E-state index is -0.385. The highest BCUT2D eigenvalue weighted by Gasteiger charge is 2.18. The molecule has 0 radical (unpaired) electrons. The van der Waals surface area contributed by atoms with E-state index in [4.69, 9.17) is 0 Å². The van der Waals surface area contributed by atoms with Gasteiger partial charge >= 0.3 is 5.16 Å². The molecule has 116 valence electrons. The van der Waals surface area contributed by atoms with Crippen LogP contribution in [0.5, 0.6) is 0 Å². The van der Waals surface area contributed by atoms with Crippen molar-refractivity contribution < 1.29 is 13.9 Å². The molecule has 0 aliphatic heterocycles. The Morgan fingerprint density at radius 2 is 2.04 bits per heavy atom. The van der Waals surface area contributed by atoms with Crippen LogP contribution in [0, 0.1) is 5.82 Å². The number of aromatic nitrogens is 3. The van der Waals surface area contributed by atoms with Gasteiger partial charge in [-0.2, -0.15) is 5.10 Å². The Labute approximate surface area is 136 Å². The van der Waals surface area contributed by atoms with Crippen molar-refractivity contribution in [3.63, 3.8) is 0 Å². The number of rotatable bonds is 5. The summed E-state index contributed by atoms with van der Waals surface area (Å²) in [4.78, 5) is 16.2. The minimum absolute atomic E-state index is 0.175. The average molecular weight is 329 g/mol. The van der Waals surface area contributed by atoms with Gasteiger partial charge in [-0.3, -0.25) is 4.79 Å². The number of para-hydroxylation sites is 1. The third kappa shape index (κ3) is 3.95. The molecule has 0 saturated carbocycles. The maximum Gasteiger partial charge on any atom is 0.385 e.